The predicted octanol–water partition coefficient (Wildman–Crippen LogP) is 1.43. The average Bonchev–Trinajstić information content (AvgIpc) is 3.40. The van der Waals surface area contributed by atoms with E-state index >= 15 is 0 Å². The molecule has 0 amide bonds. The van der Waals surface area contributed by atoms with E-state index in [0.29, 0.717) is 60.9 Å². The molecule has 4 aromatic rings. The summed E-state index contributed by atoms with van der Waals surface area (Å²) in [6.07, 6.45) is 0.890. The van der Waals surface area contributed by atoms with Crippen molar-refractivity contribution in [3.63, 3.8) is 0 Å². The Balaban J connectivity index is 1.38. The van der Waals surface area contributed by atoms with Crippen molar-refractivity contribution in [2.75, 3.05) is 41.4 Å². The lowest BCUT2D eigenvalue weighted by atomic mass is 10.1. The maximum atomic E-state index is 10.6. The van der Waals surface area contributed by atoms with Crippen LogP contribution in [0.4, 0.5) is 29.5 Å². The van der Waals surface area contributed by atoms with E-state index in [1.807, 2.05) is 11.9 Å². The number of nitrogens with two attached hydrogens (primary N) is 1. The lowest BCUT2D eigenvalue weighted by Gasteiger charge is -2.18. The Morgan fingerprint density at radius 3 is 2.30 bits per heavy atom. The fraction of sp³-hybridized carbons (Fsp3) is 0.304. The molecule has 2 aromatic carbocycles. The van der Waals surface area contributed by atoms with Crippen LogP contribution in [0.5, 0.6) is 23.0 Å². The molecule has 2 heterocycles. The molecule has 0 aliphatic rings. The summed E-state index contributed by atoms with van der Waals surface area (Å²) in [6, 6.07) is 8.17. The van der Waals surface area contributed by atoms with Crippen molar-refractivity contribution in [1.82, 2.24) is 29.5 Å². The monoisotopic (exact) mass is 510 g/mol. The molecule has 14 nitrogen and oxygen atoms in total. The molecule has 0 atom stereocenters. The van der Waals surface area contributed by atoms with E-state index in [0.717, 1.165) is 0 Å². The van der Waals surface area contributed by atoms with Crippen molar-refractivity contribution in [3.8, 4) is 23.0 Å². The molecule has 0 fully saturated rings. The van der Waals surface area contributed by atoms with Gasteiger partial charge in [-0.05, 0) is 36.1 Å². The first-order valence-corrected chi connectivity index (χ1v) is 11.5. The number of phenolic OH excluding ortho intramolecular Hbond substituents is 4. The lowest BCUT2D eigenvalue weighted by Crippen LogP contribution is -2.23. The van der Waals surface area contributed by atoms with E-state index in [2.05, 4.69) is 31.0 Å². The number of aromatic hydroxyl groups is 4. The zero-order valence-electron chi connectivity index (χ0n) is 20.7. The van der Waals surface area contributed by atoms with Gasteiger partial charge in [0.05, 0.1) is 5.69 Å². The second kappa shape index (κ2) is 10.4. The van der Waals surface area contributed by atoms with Crippen LogP contribution >= 0.6 is 0 Å². The minimum absolute atomic E-state index is 0.145. The molecule has 0 radical (unpaired) electrons. The van der Waals surface area contributed by atoms with E-state index < -0.39 is 0 Å². The summed E-state index contributed by atoms with van der Waals surface area (Å²) in [5.41, 5.74) is 7.15. The summed E-state index contributed by atoms with van der Waals surface area (Å²) in [7, 11) is 5.33. The van der Waals surface area contributed by atoms with E-state index in [4.69, 9.17) is 5.73 Å². The Bertz CT molecular complexity index is 1400. The summed E-state index contributed by atoms with van der Waals surface area (Å²) < 4.78 is 3.30. The second-order valence-corrected chi connectivity index (χ2v) is 8.55. The van der Waals surface area contributed by atoms with Crippen LogP contribution < -0.4 is 21.3 Å². The maximum absolute atomic E-state index is 10.6. The number of nitrogen functional groups attached to an aromatic ring is 1. The number of hydrogen-bond donors (Lipinski definition) is 7. The highest BCUT2D eigenvalue weighted by atomic mass is 16.3. The van der Waals surface area contributed by atoms with Crippen LogP contribution in [0.25, 0.3) is 0 Å². The first-order valence-electron chi connectivity index (χ1n) is 11.5. The van der Waals surface area contributed by atoms with Crippen molar-refractivity contribution < 1.29 is 20.4 Å². The molecule has 0 saturated carbocycles. The van der Waals surface area contributed by atoms with Crippen LogP contribution in [0.15, 0.2) is 30.3 Å². The minimum Gasteiger partial charge on any atom is -0.504 e. The van der Waals surface area contributed by atoms with Gasteiger partial charge in [-0.25, -0.2) is 0 Å². The normalized spacial score (nSPS) is 11.0. The number of phenols is 4. The van der Waals surface area contributed by atoms with Crippen molar-refractivity contribution in [2.45, 2.75) is 12.8 Å². The lowest BCUT2D eigenvalue weighted by molar-refractivity contribution is 0.399. The third-order valence-electron chi connectivity index (χ3n) is 6.08. The number of nitrogens with zero attached hydrogens (tertiary/aromatic N) is 7. The molecule has 2 aromatic heterocycles. The predicted molar refractivity (Wildman–Crippen MR) is 138 cm³/mol. The number of nitrogens with one attached hydrogen (secondary N) is 2. The number of para-hydroxylation sites is 1. The highest BCUT2D eigenvalue weighted by Crippen LogP contribution is 2.38. The first kappa shape index (κ1) is 25.2. The third kappa shape index (κ3) is 5.22. The summed E-state index contributed by atoms with van der Waals surface area (Å²) in [5.74, 6) is 0.829. The molecular weight excluding hydrogens is 480 g/mol. The van der Waals surface area contributed by atoms with Gasteiger partial charge in [0.15, 0.2) is 23.0 Å². The molecular formula is C23H30N10O4. The molecule has 14 heteroatoms. The molecule has 37 heavy (non-hydrogen) atoms. The fourth-order valence-electron chi connectivity index (χ4n) is 3.78. The van der Waals surface area contributed by atoms with Crippen LogP contribution in [0.1, 0.15) is 11.1 Å². The van der Waals surface area contributed by atoms with E-state index in [9.17, 15) is 20.4 Å². The first-order chi connectivity index (χ1) is 17.7. The number of benzene rings is 2. The van der Waals surface area contributed by atoms with Crippen molar-refractivity contribution in [2.24, 2.45) is 14.1 Å². The Hall–Kier alpha value is -4.88. The molecule has 4 rings (SSSR count). The topological polar surface area (TPSA) is 196 Å². The number of anilines is 5. The van der Waals surface area contributed by atoms with Gasteiger partial charge >= 0.3 is 0 Å². The quantitative estimate of drug-likeness (QED) is 0.152. The summed E-state index contributed by atoms with van der Waals surface area (Å²) in [6.45, 7) is 0.934. The van der Waals surface area contributed by atoms with Crippen LogP contribution in [-0.2, 0) is 26.9 Å². The third-order valence-corrected chi connectivity index (χ3v) is 6.08. The maximum Gasteiger partial charge on any atom is 0.230 e. The van der Waals surface area contributed by atoms with E-state index in [1.165, 1.54) is 6.07 Å². The van der Waals surface area contributed by atoms with Gasteiger partial charge in [-0.1, -0.05) is 18.2 Å². The molecule has 0 aliphatic carbocycles. The van der Waals surface area contributed by atoms with Gasteiger partial charge in [-0.3, -0.25) is 9.13 Å². The van der Waals surface area contributed by atoms with Gasteiger partial charge < -0.3 is 41.7 Å². The molecule has 0 aliphatic heterocycles. The van der Waals surface area contributed by atoms with Crippen molar-refractivity contribution in [3.05, 3.63) is 41.5 Å². The number of hydrogen-bond acceptors (Lipinski definition) is 12. The van der Waals surface area contributed by atoms with E-state index in [1.54, 1.807) is 47.5 Å². The van der Waals surface area contributed by atoms with Gasteiger partial charge in [0, 0.05) is 34.2 Å². The van der Waals surface area contributed by atoms with Crippen LogP contribution in [-0.4, -0.2) is 70.1 Å². The standard InChI is InChI=1S/C23H30N10O4/c1-31(23-30-27-20(24)32(23)2)12-10-14-7-8-15(19(37)18(14)36)26-22-29-28-21(33(22)3)25-11-9-13-5-4-6-16(34)17(13)35/h4-8,34-37H,9-12H2,1-3H3,(H2,24,27)(H,25,28)(H,26,29). The van der Waals surface area contributed by atoms with Crippen molar-refractivity contribution >= 4 is 29.5 Å². The molecule has 0 saturated heterocycles. The largest absolute Gasteiger partial charge is 0.504 e. The Morgan fingerprint density at radius 2 is 1.57 bits per heavy atom. The average molecular weight is 511 g/mol. The molecule has 196 valence electrons. The van der Waals surface area contributed by atoms with E-state index in [-0.39, 0.29) is 28.7 Å². The zero-order chi connectivity index (χ0) is 26.7. The van der Waals surface area contributed by atoms with Crippen LogP contribution in [0, 0.1) is 0 Å². The molecule has 0 spiro atoms. The highest BCUT2D eigenvalue weighted by Gasteiger charge is 2.17. The minimum atomic E-state index is -0.306. The number of likely N-dealkylation sites (N-methyl/N-ethyl adjacent to an activating group) is 1. The molecule has 0 unspecified atom stereocenters. The molecule has 8 N–H and O–H groups in total. The van der Waals surface area contributed by atoms with Gasteiger partial charge in [0.25, 0.3) is 0 Å². The zero-order valence-corrected chi connectivity index (χ0v) is 20.7. The van der Waals surface area contributed by atoms with Gasteiger partial charge in [-0.2, -0.15) is 0 Å². The smallest absolute Gasteiger partial charge is 0.230 e. The van der Waals surface area contributed by atoms with Crippen LogP contribution in [0.3, 0.4) is 0 Å². The number of aromatic nitrogens is 6. The summed E-state index contributed by atoms with van der Waals surface area (Å²) >= 11 is 0. The van der Waals surface area contributed by atoms with Crippen LogP contribution in [0.2, 0.25) is 0 Å². The Labute approximate surface area is 212 Å². The van der Waals surface area contributed by atoms with Gasteiger partial charge in [0.1, 0.15) is 0 Å². The summed E-state index contributed by atoms with van der Waals surface area (Å²) in [5, 5.41) is 62.9. The second-order valence-electron chi connectivity index (χ2n) is 8.55. The highest BCUT2D eigenvalue weighted by molar-refractivity contribution is 5.69. The SMILES string of the molecule is CN(CCc1ccc(Nc2nnc(NCCc3cccc(O)c3O)n2C)c(O)c1O)c1nnc(N)n1C. The Kier molecular flexibility index (Phi) is 7.08. The van der Waals surface area contributed by atoms with Gasteiger partial charge in [-0.15, -0.1) is 20.4 Å². The van der Waals surface area contributed by atoms with Crippen molar-refractivity contribution in [1.29, 1.82) is 0 Å². The summed E-state index contributed by atoms with van der Waals surface area (Å²) in [4.78, 5) is 1.85. The van der Waals surface area contributed by atoms with Gasteiger partial charge in [0.2, 0.25) is 23.8 Å². The Morgan fingerprint density at radius 1 is 0.838 bits per heavy atom. The fourth-order valence-corrected chi connectivity index (χ4v) is 3.78. The number of rotatable bonds is 10. The molecule has 0 bridgehead atoms.